The van der Waals surface area contributed by atoms with E-state index < -0.39 is 5.91 Å². The average molecular weight is 352 g/mol. The second-order valence-corrected chi connectivity index (χ2v) is 6.29. The number of nitrogens with zero attached hydrogens (tertiary/aromatic N) is 2. The highest BCUT2D eigenvalue weighted by Crippen LogP contribution is 2.28. The number of halogens is 1. The zero-order valence-corrected chi connectivity index (χ0v) is 14.0. The number of primary amides is 1. The summed E-state index contributed by atoms with van der Waals surface area (Å²) in [6, 6.07) is 10.4. The fourth-order valence-electron chi connectivity index (χ4n) is 3.09. The van der Waals surface area contributed by atoms with Crippen molar-refractivity contribution in [3.8, 4) is 22.8 Å². The third kappa shape index (κ3) is 3.21. The number of amides is 1. The van der Waals surface area contributed by atoms with Gasteiger partial charge in [0.05, 0.1) is 12.0 Å². The molecule has 1 aliphatic rings. The molecule has 1 amide bonds. The molecule has 132 valence electrons. The van der Waals surface area contributed by atoms with Crippen LogP contribution in [-0.4, -0.2) is 22.6 Å². The highest BCUT2D eigenvalue weighted by atomic mass is 19.1. The quantitative estimate of drug-likeness (QED) is 0.751. The van der Waals surface area contributed by atoms with Crippen molar-refractivity contribution in [3.05, 3.63) is 58.9 Å². The van der Waals surface area contributed by atoms with Crippen LogP contribution >= 0.6 is 0 Å². The molecule has 3 aromatic rings. The first kappa shape index (κ1) is 16.4. The molecule has 0 aliphatic carbocycles. The normalized spacial score (nSPS) is 13.4. The first-order valence-electron chi connectivity index (χ1n) is 8.34. The van der Waals surface area contributed by atoms with Crippen LogP contribution in [0.25, 0.3) is 22.8 Å². The van der Waals surface area contributed by atoms with Gasteiger partial charge >= 0.3 is 0 Å². The molecule has 2 aromatic carbocycles. The Morgan fingerprint density at radius 1 is 1.23 bits per heavy atom. The number of nitrogens with two attached hydrogens (primary N) is 1. The van der Waals surface area contributed by atoms with Gasteiger partial charge in [0.2, 0.25) is 11.7 Å². The molecule has 6 nitrogen and oxygen atoms in total. The molecule has 0 atom stereocenters. The molecule has 0 saturated carbocycles. The summed E-state index contributed by atoms with van der Waals surface area (Å²) in [5, 5.41) is 7.21. The zero-order chi connectivity index (χ0) is 18.1. The summed E-state index contributed by atoms with van der Waals surface area (Å²) in [7, 11) is 0. The molecule has 1 aliphatic heterocycles. The summed E-state index contributed by atoms with van der Waals surface area (Å²) < 4.78 is 19.7. The van der Waals surface area contributed by atoms with E-state index in [-0.39, 0.29) is 18.1 Å². The maximum atomic E-state index is 14.5. The number of hydrogen-bond acceptors (Lipinski definition) is 5. The Morgan fingerprint density at radius 3 is 2.81 bits per heavy atom. The lowest BCUT2D eigenvalue weighted by Crippen LogP contribution is -2.23. The summed E-state index contributed by atoms with van der Waals surface area (Å²) in [4.78, 5) is 15.3. The van der Waals surface area contributed by atoms with Gasteiger partial charge in [-0.1, -0.05) is 29.4 Å². The second-order valence-electron chi connectivity index (χ2n) is 6.29. The highest BCUT2D eigenvalue weighted by Gasteiger charge is 2.19. The third-order valence-electron chi connectivity index (χ3n) is 4.42. The van der Waals surface area contributed by atoms with Crippen LogP contribution in [-0.2, 0) is 24.2 Å². The lowest BCUT2D eigenvalue weighted by molar-refractivity contribution is -0.117. The molecule has 0 bridgehead atoms. The number of nitrogens with one attached hydrogen (secondary N) is 1. The van der Waals surface area contributed by atoms with Crippen LogP contribution in [0.4, 0.5) is 4.39 Å². The number of rotatable bonds is 4. The van der Waals surface area contributed by atoms with Gasteiger partial charge in [0.1, 0.15) is 5.82 Å². The minimum absolute atomic E-state index is 0.145. The van der Waals surface area contributed by atoms with E-state index >= 15 is 0 Å². The van der Waals surface area contributed by atoms with Crippen molar-refractivity contribution in [2.24, 2.45) is 5.73 Å². The lowest BCUT2D eigenvalue weighted by atomic mass is 9.98. The topological polar surface area (TPSA) is 94.0 Å². The largest absolute Gasteiger partial charge is 0.369 e. The molecule has 26 heavy (non-hydrogen) atoms. The molecule has 2 heterocycles. The van der Waals surface area contributed by atoms with Gasteiger partial charge in [-0.15, -0.1) is 0 Å². The smallest absolute Gasteiger partial charge is 0.261 e. The van der Waals surface area contributed by atoms with E-state index in [0.29, 0.717) is 23.5 Å². The number of fused-ring (bicyclic) bond motifs is 1. The van der Waals surface area contributed by atoms with Crippen molar-refractivity contribution >= 4 is 5.91 Å². The molecule has 0 unspecified atom stereocenters. The molecule has 0 spiro atoms. The first-order valence-corrected chi connectivity index (χ1v) is 8.34. The number of aromatic nitrogens is 2. The summed E-state index contributed by atoms with van der Waals surface area (Å²) in [6.07, 6.45) is 0.978. The van der Waals surface area contributed by atoms with E-state index in [0.717, 1.165) is 29.7 Å². The van der Waals surface area contributed by atoms with Gasteiger partial charge in [-0.3, -0.25) is 4.79 Å². The predicted octanol–water partition coefficient (Wildman–Crippen LogP) is 2.22. The first-order chi connectivity index (χ1) is 12.6. The van der Waals surface area contributed by atoms with Crippen LogP contribution in [0.1, 0.15) is 16.7 Å². The summed E-state index contributed by atoms with van der Waals surface area (Å²) in [5.41, 5.74) is 9.06. The lowest BCUT2D eigenvalue weighted by Gasteiger charge is -2.17. The number of hydrogen-bond donors (Lipinski definition) is 2. The van der Waals surface area contributed by atoms with E-state index in [1.165, 1.54) is 0 Å². The van der Waals surface area contributed by atoms with Gasteiger partial charge < -0.3 is 15.6 Å². The van der Waals surface area contributed by atoms with Crippen molar-refractivity contribution in [2.45, 2.75) is 19.4 Å². The summed E-state index contributed by atoms with van der Waals surface area (Å²) >= 11 is 0. The van der Waals surface area contributed by atoms with E-state index in [4.69, 9.17) is 10.3 Å². The van der Waals surface area contributed by atoms with Crippen LogP contribution in [0.3, 0.4) is 0 Å². The Kier molecular flexibility index (Phi) is 4.22. The minimum atomic E-state index is -0.392. The van der Waals surface area contributed by atoms with Crippen molar-refractivity contribution in [3.63, 3.8) is 0 Å². The molecule has 1 aromatic heterocycles. The van der Waals surface area contributed by atoms with Gasteiger partial charge in [-0.05, 0) is 41.8 Å². The van der Waals surface area contributed by atoms with Crippen LogP contribution < -0.4 is 11.1 Å². The van der Waals surface area contributed by atoms with E-state index in [1.807, 2.05) is 0 Å². The zero-order valence-electron chi connectivity index (χ0n) is 14.0. The number of carbonyl (C=O) groups excluding carboxylic acids is 1. The average Bonchev–Trinajstić information content (AvgIpc) is 3.11. The Balaban J connectivity index is 1.63. The Morgan fingerprint density at radius 2 is 2.04 bits per heavy atom. The molecular formula is C19H17FN4O2. The molecule has 0 fully saturated rings. The SMILES string of the molecule is NC(=O)Cc1ccc(-c2noc(-c3cc4c(cc3F)CCNC4)n2)cc1. The van der Waals surface area contributed by atoms with Crippen LogP contribution in [0.15, 0.2) is 40.9 Å². The van der Waals surface area contributed by atoms with Crippen LogP contribution in [0, 0.1) is 5.82 Å². The fourth-order valence-corrected chi connectivity index (χ4v) is 3.09. The van der Waals surface area contributed by atoms with Gasteiger partial charge in [0.25, 0.3) is 5.89 Å². The third-order valence-corrected chi connectivity index (χ3v) is 4.42. The summed E-state index contributed by atoms with van der Waals surface area (Å²) in [6.45, 7) is 1.55. The summed E-state index contributed by atoms with van der Waals surface area (Å²) in [5.74, 6) is -0.248. The van der Waals surface area contributed by atoms with Gasteiger partial charge in [0, 0.05) is 12.1 Å². The van der Waals surface area contributed by atoms with Gasteiger partial charge in [-0.2, -0.15) is 4.98 Å². The molecule has 7 heteroatoms. The monoisotopic (exact) mass is 352 g/mol. The maximum Gasteiger partial charge on any atom is 0.261 e. The van der Waals surface area contributed by atoms with Crippen molar-refractivity contribution in [2.75, 3.05) is 6.54 Å². The fraction of sp³-hybridized carbons (Fsp3) is 0.211. The van der Waals surface area contributed by atoms with E-state index in [2.05, 4.69) is 15.5 Å². The predicted molar refractivity (Wildman–Crippen MR) is 93.4 cm³/mol. The highest BCUT2D eigenvalue weighted by molar-refractivity contribution is 5.76. The van der Waals surface area contributed by atoms with Crippen molar-refractivity contribution < 1.29 is 13.7 Å². The number of benzene rings is 2. The van der Waals surface area contributed by atoms with E-state index in [9.17, 15) is 9.18 Å². The van der Waals surface area contributed by atoms with Crippen molar-refractivity contribution in [1.82, 2.24) is 15.5 Å². The molecule has 3 N–H and O–H groups in total. The maximum absolute atomic E-state index is 14.5. The van der Waals surface area contributed by atoms with Gasteiger partial charge in [0.15, 0.2) is 0 Å². The Bertz CT molecular complexity index is 966. The molecule has 4 rings (SSSR count). The number of carbonyl (C=O) groups is 1. The van der Waals surface area contributed by atoms with Crippen LogP contribution in [0.2, 0.25) is 0 Å². The Hall–Kier alpha value is -3.06. The Labute approximate surface area is 149 Å². The molecule has 0 saturated heterocycles. The molecular weight excluding hydrogens is 335 g/mol. The van der Waals surface area contributed by atoms with Gasteiger partial charge in [-0.25, -0.2) is 4.39 Å². The van der Waals surface area contributed by atoms with Crippen LogP contribution in [0.5, 0.6) is 0 Å². The van der Waals surface area contributed by atoms with E-state index in [1.54, 1.807) is 36.4 Å². The standard InChI is InChI=1S/C19H17FN4O2/c20-16-9-13-5-6-22-10-14(13)8-15(16)19-23-18(24-26-19)12-3-1-11(2-4-12)7-17(21)25/h1-4,8-9,22H,5-7,10H2,(H2,21,25). The molecule has 0 radical (unpaired) electrons. The second kappa shape index (κ2) is 6.68. The van der Waals surface area contributed by atoms with Crippen molar-refractivity contribution in [1.29, 1.82) is 0 Å². The minimum Gasteiger partial charge on any atom is -0.369 e.